The topological polar surface area (TPSA) is 897 Å². The van der Waals surface area contributed by atoms with Crippen LogP contribution in [0.1, 0.15) is 144 Å². The number of benzene rings is 7. The fourth-order valence-corrected chi connectivity index (χ4v) is 8.65. The predicted octanol–water partition coefficient (Wildman–Crippen LogP) is 13.2. The summed E-state index contributed by atoms with van der Waals surface area (Å²) in [6.07, 6.45) is 4.61. The molecule has 0 saturated carbocycles. The van der Waals surface area contributed by atoms with Gasteiger partial charge < -0.3 is 65.8 Å². The number of fused-ring (bicyclic) bond motifs is 1. The number of carbonyl (C=O) groups excluding carboxylic acids is 2. The first-order chi connectivity index (χ1) is 59.9. The number of aryl methyl sites for hydroxylation is 2. The summed E-state index contributed by atoms with van der Waals surface area (Å²) < 4.78 is 78.1. The van der Waals surface area contributed by atoms with Crippen LogP contribution in [-0.2, 0) is 41.6 Å². The normalized spacial score (nSPS) is 9.56. The van der Waals surface area contributed by atoms with Gasteiger partial charge in [0.2, 0.25) is 0 Å². The molecule has 7 aromatic carbocycles. The molecule has 132 heavy (non-hydrogen) atoms. The van der Waals surface area contributed by atoms with Crippen molar-refractivity contribution < 1.29 is 164 Å². The van der Waals surface area contributed by atoms with Gasteiger partial charge in [0.15, 0.2) is 0 Å². The molecule has 0 amide bonds. The van der Waals surface area contributed by atoms with Crippen LogP contribution in [-0.4, -0.2) is 226 Å². The van der Waals surface area contributed by atoms with Gasteiger partial charge in [0.1, 0.15) is 0 Å². The van der Waals surface area contributed by atoms with Gasteiger partial charge in [-0.2, -0.15) is 16.8 Å². The standard InChI is InChI=1S/C13H15N3O6.C11H12N2O2.C10H12N2O5.2C8H6N2O6.2C8H8O2.C2H6O.2CH4.2ClH.2HNO3.2H2O4S.Sn/c1-4-22-13(17)11-7-9(15(18)19)8-12(16(20)21)10(11)5-6-14(2)3;1-2-15-11(14)9-5-7(12)6-10-8(9)3-4-13-10;1-3-17-6-8-4-9(11(13)14)5-10(7(8)2)12(15)16;2*1-4-6(8(11)12)2-5(9(13)14)3-7(4)10(15)16;2*1-6-4-2-3-5-7(6)8(9)10;1-2-3;;;;;2*2-1(3)4;2*1-5(2,3)4;/h5-8H,4H2,1-3H3;3-6,13H,2,12H2,1H3;4-5H,3,6H2,1-2H3;2*2-3H,1H3,(H,11,12);2*2-5H,1H3,(H,9,10);3H,2H2,1H3;2*1H4;2*1H;2*(H,2,3,4);2*(H2,1,2,3,4);/q;;;;;;;;;;;;;;;;+2/p-2/b6-5+;;;;;;;;;;;;;;;;. The fraction of sp³-hybridized carbons (Fsp3) is 0.257. The van der Waals surface area contributed by atoms with E-state index in [1.54, 1.807) is 122 Å². The second-order valence-corrected chi connectivity index (χ2v) is 29.0. The molecule has 0 aliphatic heterocycles. The average Bonchev–Trinajstić information content (AvgIpc) is 1.17. The van der Waals surface area contributed by atoms with E-state index in [1.807, 2.05) is 18.2 Å². The Morgan fingerprint density at radius 2 is 0.742 bits per heavy atom. The number of nitrogens with two attached hydrogens (primary N) is 1. The van der Waals surface area contributed by atoms with Crippen LogP contribution in [0.15, 0.2) is 128 Å². The number of carboxylic acid groups (broad SMARTS) is 4. The molecule has 726 valence electrons. The molecule has 62 heteroatoms. The van der Waals surface area contributed by atoms with Crippen molar-refractivity contribution in [2.24, 2.45) is 0 Å². The summed E-state index contributed by atoms with van der Waals surface area (Å²) in [7, 11) is 3.92. The van der Waals surface area contributed by atoms with Gasteiger partial charge in [-0.3, -0.25) is 99.1 Å². The number of esters is 2. The predicted molar refractivity (Wildman–Crippen MR) is 466 cm³/mol. The SMILES string of the molecule is C.C.CCO.CCOC(=O)c1cc(N)cc2[nH]ccc12.CCOC(=O)c1cc([N+](=O)[O-])cc([N+](=O)[O-])c1/C=C/N(C)C.CCOCc1cc([N+](=O)[O-])cc([N+](=O)[O-])c1C.Cc1c(C(=O)O)cc([N+](=O)[O-])cc1[N+](=O)[O-].Cc1c(C(=O)O)cc([N+](=O)[O-])cc1[N+](=O)[O-].Cc1ccccc1C(=O)O.Cc1ccccc1C(=O)O.O=S(=O)(O)O.O=S(=O)(O)O.O=[N+]([O-])O.O=[N+]([O-])O.[Cl][Sn][Cl]. The Morgan fingerprint density at radius 1 is 0.455 bits per heavy atom. The maximum atomic E-state index is 11.9. The quantitative estimate of drug-likeness (QED) is 0.00793. The van der Waals surface area contributed by atoms with Crippen LogP contribution >= 0.6 is 17.8 Å². The van der Waals surface area contributed by atoms with Gasteiger partial charge in [0, 0.05) is 91.1 Å². The number of carbonyl (C=O) groups is 6. The molecule has 0 saturated heterocycles. The molecule has 8 rings (SSSR count). The van der Waals surface area contributed by atoms with E-state index in [2.05, 4.69) is 4.98 Å². The van der Waals surface area contributed by atoms with Gasteiger partial charge in [-0.1, -0.05) is 51.3 Å². The van der Waals surface area contributed by atoms with E-state index in [1.165, 1.54) is 32.2 Å². The molecule has 0 bridgehead atoms. The molecule has 14 N–H and O–H groups in total. The second-order valence-electron chi connectivity index (χ2n) is 23.0. The molecule has 8 aromatic rings. The third kappa shape index (κ3) is 55.5. The Balaban J connectivity index is -0.000000266. The number of nitrogens with zero attached hydrogens (tertiary/aromatic N) is 11. The number of hydrogen-bond donors (Lipinski definition) is 13. The number of H-pyrrole nitrogens is 1. The molecule has 0 fully saturated rings. The number of nitro groups is 8. The van der Waals surface area contributed by atoms with Gasteiger partial charge >= 0.3 is 93.3 Å². The van der Waals surface area contributed by atoms with Crippen LogP contribution in [0.2, 0.25) is 0 Å². The van der Waals surface area contributed by atoms with E-state index >= 15 is 0 Å². The molecular formula is C70H87Cl2N13O44S2Sn. The van der Waals surface area contributed by atoms with Crippen molar-refractivity contribution in [2.75, 3.05) is 46.3 Å². The number of nitrogens with one attached hydrogen (secondary N) is 1. The van der Waals surface area contributed by atoms with Crippen molar-refractivity contribution in [3.63, 3.8) is 0 Å². The van der Waals surface area contributed by atoms with Gasteiger partial charge in [0.25, 0.3) is 55.7 Å². The number of aromatic nitrogens is 1. The molecule has 57 nitrogen and oxygen atoms in total. The Morgan fingerprint density at radius 3 is 1.02 bits per heavy atom. The third-order valence-corrected chi connectivity index (χ3v) is 13.9. The maximum absolute atomic E-state index is 11.9. The van der Waals surface area contributed by atoms with Crippen LogP contribution in [0.4, 0.5) is 51.2 Å². The van der Waals surface area contributed by atoms with Crippen molar-refractivity contribution in [2.45, 2.75) is 83.8 Å². The first-order valence-electron chi connectivity index (χ1n) is 33.9. The number of halogens is 2. The summed E-state index contributed by atoms with van der Waals surface area (Å²) in [4.78, 5) is 166. The van der Waals surface area contributed by atoms with E-state index in [-0.39, 0.29) is 74.3 Å². The zero-order chi connectivity index (χ0) is 102. The summed E-state index contributed by atoms with van der Waals surface area (Å²) in [5.41, 5.74) is 5.43. The van der Waals surface area contributed by atoms with E-state index < -0.39 is 164 Å². The number of hydrogen-bond acceptors (Lipinski definition) is 36. The summed E-state index contributed by atoms with van der Waals surface area (Å²) in [6.45, 7) is 15.6. The molecule has 1 heterocycles. The number of nitrogen functional groups attached to an aromatic ring is 1. The number of aliphatic hydroxyl groups excluding tert-OH is 1. The first kappa shape index (κ1) is 130. The number of anilines is 1. The second kappa shape index (κ2) is 66.3. The third-order valence-electron chi connectivity index (χ3n) is 13.9. The van der Waals surface area contributed by atoms with Crippen LogP contribution in [0.5, 0.6) is 0 Å². The molecule has 0 aliphatic rings. The van der Waals surface area contributed by atoms with E-state index in [9.17, 15) is 110 Å². The van der Waals surface area contributed by atoms with Crippen LogP contribution in [0.25, 0.3) is 17.0 Å². The number of carboxylic acids is 4. The summed E-state index contributed by atoms with van der Waals surface area (Å²) >= 11 is -0.826. The Bertz CT molecular complexity index is 5310. The van der Waals surface area contributed by atoms with E-state index in [0.29, 0.717) is 46.7 Å². The Labute approximate surface area is 762 Å². The number of rotatable bonds is 21. The van der Waals surface area contributed by atoms with Crippen LogP contribution in [0.3, 0.4) is 0 Å². The molecule has 2 radical (unpaired) electrons. The van der Waals surface area contributed by atoms with Gasteiger partial charge in [-0.25, -0.2) is 28.8 Å². The number of aliphatic hydroxyl groups is 1. The molecule has 1 aromatic heterocycles. The number of aromatic carboxylic acids is 4. The van der Waals surface area contributed by atoms with E-state index in [0.717, 1.165) is 64.5 Å². The molecular weight excluding hydrogens is 1980 g/mol. The minimum absolute atomic E-state index is 0. The monoisotopic (exact) mass is 2070 g/mol. The number of nitro benzene ring substituents is 8. The fourth-order valence-electron chi connectivity index (χ4n) is 8.65. The number of aromatic amines is 1. The van der Waals surface area contributed by atoms with Crippen molar-refractivity contribution in [3.05, 3.63) is 301 Å². The van der Waals surface area contributed by atoms with Crippen molar-refractivity contribution in [3.8, 4) is 0 Å². The summed E-state index contributed by atoms with van der Waals surface area (Å²) in [5.74, 6) is -5.80. The zero-order valence-electron chi connectivity index (χ0n) is 68.7. The summed E-state index contributed by atoms with van der Waals surface area (Å²) in [5, 5.41) is 156. The number of non-ortho nitro benzene ring substituents is 4. The van der Waals surface area contributed by atoms with Gasteiger partial charge in [0.05, 0.1) is 122 Å². The molecule has 0 unspecified atom stereocenters. The Kier molecular flexibility index (Phi) is 65.3. The zero-order valence-corrected chi connectivity index (χ0v) is 74.7. The Hall–Kier alpha value is -15.1. The van der Waals surface area contributed by atoms with Crippen molar-refractivity contribution >= 4 is 162 Å². The first-order valence-corrected chi connectivity index (χ1v) is 44.0. The average molecular weight is 2070 g/mol. The minimum atomic E-state index is -4.67. The van der Waals surface area contributed by atoms with Gasteiger partial charge in [-0.15, -0.1) is 20.2 Å². The molecule has 0 atom stereocenters. The van der Waals surface area contributed by atoms with Crippen LogP contribution in [0, 0.1) is 136 Å². The van der Waals surface area contributed by atoms with Crippen LogP contribution < -0.4 is 5.73 Å². The summed E-state index contributed by atoms with van der Waals surface area (Å²) in [6, 6.07) is 26.2. The number of ether oxygens (including phenoxy) is 3. The van der Waals surface area contributed by atoms with Crippen molar-refractivity contribution in [1.82, 2.24) is 9.88 Å². The van der Waals surface area contributed by atoms with Crippen molar-refractivity contribution in [1.29, 1.82) is 0 Å². The molecule has 0 aliphatic carbocycles. The molecule has 0 spiro atoms. The van der Waals surface area contributed by atoms with E-state index in [4.69, 9.17) is 129 Å². The van der Waals surface area contributed by atoms with Gasteiger partial charge in [-0.05, 0) is 122 Å².